The van der Waals surface area contributed by atoms with Crippen LogP contribution < -0.4 is 19.5 Å². The lowest BCUT2D eigenvalue weighted by atomic mass is 10.0. The maximum atomic E-state index is 9.35. The van der Waals surface area contributed by atoms with Gasteiger partial charge in [0.05, 0.1) is 6.61 Å². The van der Waals surface area contributed by atoms with E-state index in [1.807, 2.05) is 49.5 Å². The molecule has 122 valence electrons. The Bertz CT molecular complexity index is 659. The minimum Gasteiger partial charge on any atom is -0.482 e. The molecule has 0 bridgehead atoms. The Balaban J connectivity index is 1.86. The topological polar surface area (TPSA) is 60.0 Å². The number of benzene rings is 2. The summed E-state index contributed by atoms with van der Waals surface area (Å²) in [6, 6.07) is 13.5. The highest BCUT2D eigenvalue weighted by molar-refractivity contribution is 5.52. The van der Waals surface area contributed by atoms with E-state index in [-0.39, 0.29) is 19.5 Å². The predicted molar refractivity (Wildman–Crippen MR) is 86.8 cm³/mol. The molecule has 1 atom stereocenters. The summed E-state index contributed by atoms with van der Waals surface area (Å²) in [6.45, 7) is 1.06. The number of nitrogens with one attached hydrogen (secondary N) is 1. The Hall–Kier alpha value is -2.24. The van der Waals surface area contributed by atoms with E-state index in [2.05, 4.69) is 5.32 Å². The lowest BCUT2D eigenvalue weighted by Crippen LogP contribution is -2.16. The van der Waals surface area contributed by atoms with Gasteiger partial charge in [-0.1, -0.05) is 24.3 Å². The van der Waals surface area contributed by atoms with Crippen LogP contribution >= 0.6 is 0 Å². The third kappa shape index (κ3) is 3.57. The summed E-state index contributed by atoms with van der Waals surface area (Å²) in [4.78, 5) is 0. The zero-order valence-electron chi connectivity index (χ0n) is 13.1. The quantitative estimate of drug-likeness (QED) is 0.822. The van der Waals surface area contributed by atoms with Crippen LogP contribution in [0.15, 0.2) is 42.5 Å². The lowest BCUT2D eigenvalue weighted by molar-refractivity contribution is 0.158. The van der Waals surface area contributed by atoms with Gasteiger partial charge in [0.1, 0.15) is 6.10 Å². The summed E-state index contributed by atoms with van der Waals surface area (Å²) in [5.74, 6) is 2.04. The van der Waals surface area contributed by atoms with Crippen LogP contribution in [0.4, 0.5) is 0 Å². The summed E-state index contributed by atoms with van der Waals surface area (Å²) < 4.78 is 17.1. The second-order valence-electron chi connectivity index (χ2n) is 5.39. The van der Waals surface area contributed by atoms with Crippen molar-refractivity contribution in [3.8, 4) is 17.2 Å². The molecule has 5 heteroatoms. The van der Waals surface area contributed by atoms with Crippen LogP contribution in [0.2, 0.25) is 0 Å². The summed E-state index contributed by atoms with van der Waals surface area (Å²) in [5, 5.41) is 12.5. The fraction of sp³-hybridized carbons (Fsp3) is 0.333. The molecule has 0 amide bonds. The molecule has 1 heterocycles. The summed E-state index contributed by atoms with van der Waals surface area (Å²) in [6.07, 6.45) is 0.667. The number of aliphatic hydroxyl groups is 1. The monoisotopic (exact) mass is 315 g/mol. The summed E-state index contributed by atoms with van der Waals surface area (Å²) in [7, 11) is 1.92. The molecule has 3 rings (SSSR count). The van der Waals surface area contributed by atoms with Crippen LogP contribution in [0.3, 0.4) is 0 Å². The molecule has 1 aliphatic rings. The number of rotatable bonds is 7. The highest BCUT2D eigenvalue weighted by Gasteiger charge is 2.22. The van der Waals surface area contributed by atoms with Crippen molar-refractivity contribution in [2.75, 3.05) is 20.4 Å². The van der Waals surface area contributed by atoms with E-state index in [0.29, 0.717) is 17.2 Å². The Morgan fingerprint density at radius 2 is 2.09 bits per heavy atom. The zero-order chi connectivity index (χ0) is 16.1. The van der Waals surface area contributed by atoms with Gasteiger partial charge < -0.3 is 24.6 Å². The Morgan fingerprint density at radius 3 is 2.91 bits per heavy atom. The van der Waals surface area contributed by atoms with Crippen molar-refractivity contribution in [1.82, 2.24) is 5.32 Å². The van der Waals surface area contributed by atoms with E-state index in [9.17, 15) is 5.11 Å². The number of fused-ring (bicyclic) bond motifs is 1. The normalized spacial score (nSPS) is 13.8. The number of para-hydroxylation sites is 1. The fourth-order valence-corrected chi connectivity index (χ4v) is 2.61. The number of hydrogen-bond acceptors (Lipinski definition) is 5. The maximum absolute atomic E-state index is 9.35. The molecule has 0 aromatic heterocycles. The van der Waals surface area contributed by atoms with E-state index in [1.54, 1.807) is 0 Å². The Kier molecular flexibility index (Phi) is 5.00. The van der Waals surface area contributed by atoms with Gasteiger partial charge in [-0.3, -0.25) is 0 Å². The summed E-state index contributed by atoms with van der Waals surface area (Å²) >= 11 is 0. The van der Waals surface area contributed by atoms with Gasteiger partial charge in [0.2, 0.25) is 12.5 Å². The van der Waals surface area contributed by atoms with Crippen LogP contribution in [-0.2, 0) is 6.61 Å². The first kappa shape index (κ1) is 15.6. The van der Waals surface area contributed by atoms with Gasteiger partial charge in [-0.15, -0.1) is 0 Å². The van der Waals surface area contributed by atoms with Crippen LogP contribution in [0, 0.1) is 0 Å². The molecule has 0 saturated heterocycles. The minimum atomic E-state index is -0.135. The molecule has 0 fully saturated rings. The molecule has 0 aliphatic carbocycles. The van der Waals surface area contributed by atoms with Crippen LogP contribution in [0.1, 0.15) is 23.7 Å². The summed E-state index contributed by atoms with van der Waals surface area (Å²) in [5.41, 5.74) is 1.90. The minimum absolute atomic E-state index is 0.0181. The van der Waals surface area contributed by atoms with Crippen molar-refractivity contribution in [1.29, 1.82) is 0 Å². The number of aliphatic hydroxyl groups excluding tert-OH is 1. The Morgan fingerprint density at radius 1 is 1.22 bits per heavy atom. The van der Waals surface area contributed by atoms with Crippen LogP contribution in [-0.4, -0.2) is 25.5 Å². The van der Waals surface area contributed by atoms with Gasteiger partial charge in [-0.25, -0.2) is 0 Å². The average Bonchev–Trinajstić information content (AvgIpc) is 3.08. The van der Waals surface area contributed by atoms with Crippen LogP contribution in [0.5, 0.6) is 17.2 Å². The van der Waals surface area contributed by atoms with Crippen LogP contribution in [0.25, 0.3) is 0 Å². The van der Waals surface area contributed by atoms with Gasteiger partial charge in [0.15, 0.2) is 11.5 Å². The molecule has 0 saturated carbocycles. The highest BCUT2D eigenvalue weighted by Crippen LogP contribution is 2.42. The van der Waals surface area contributed by atoms with E-state index >= 15 is 0 Å². The zero-order valence-corrected chi connectivity index (χ0v) is 13.1. The first-order chi connectivity index (χ1) is 11.3. The van der Waals surface area contributed by atoms with Crippen molar-refractivity contribution < 1.29 is 19.3 Å². The van der Waals surface area contributed by atoms with Crippen molar-refractivity contribution >= 4 is 0 Å². The largest absolute Gasteiger partial charge is 0.482 e. The lowest BCUT2D eigenvalue weighted by Gasteiger charge is -2.21. The Labute approximate surface area is 135 Å². The SMILES string of the molecule is CNCCC(Oc1cccc2c1OCO2)c1cccc(CO)c1. The molecule has 1 aliphatic heterocycles. The first-order valence-electron chi connectivity index (χ1n) is 7.71. The van der Waals surface area contributed by atoms with Gasteiger partial charge >= 0.3 is 0 Å². The van der Waals surface area contributed by atoms with Gasteiger partial charge in [0.25, 0.3) is 0 Å². The van der Waals surface area contributed by atoms with E-state index in [1.165, 1.54) is 0 Å². The van der Waals surface area contributed by atoms with Crippen molar-refractivity contribution in [3.63, 3.8) is 0 Å². The number of ether oxygens (including phenoxy) is 3. The molecule has 2 aromatic rings. The van der Waals surface area contributed by atoms with Gasteiger partial charge in [-0.2, -0.15) is 0 Å². The predicted octanol–water partition coefficient (Wildman–Crippen LogP) is 2.64. The van der Waals surface area contributed by atoms with Crippen molar-refractivity contribution in [3.05, 3.63) is 53.6 Å². The fourth-order valence-electron chi connectivity index (χ4n) is 2.61. The molecule has 0 spiro atoms. The van der Waals surface area contributed by atoms with Gasteiger partial charge in [0, 0.05) is 6.42 Å². The van der Waals surface area contributed by atoms with E-state index in [0.717, 1.165) is 24.1 Å². The highest BCUT2D eigenvalue weighted by atomic mass is 16.7. The third-order valence-electron chi connectivity index (χ3n) is 3.79. The average molecular weight is 315 g/mol. The first-order valence-corrected chi connectivity index (χ1v) is 7.71. The molecule has 5 nitrogen and oxygen atoms in total. The molecule has 23 heavy (non-hydrogen) atoms. The van der Waals surface area contributed by atoms with E-state index in [4.69, 9.17) is 14.2 Å². The second kappa shape index (κ2) is 7.35. The molecule has 2 N–H and O–H groups in total. The maximum Gasteiger partial charge on any atom is 0.231 e. The van der Waals surface area contributed by atoms with E-state index < -0.39 is 0 Å². The van der Waals surface area contributed by atoms with Gasteiger partial charge in [-0.05, 0) is 42.9 Å². The number of hydrogen-bond donors (Lipinski definition) is 2. The van der Waals surface area contributed by atoms with Crippen molar-refractivity contribution in [2.24, 2.45) is 0 Å². The standard InChI is InChI=1S/C18H21NO4/c1-19-9-8-15(14-5-2-4-13(10-14)11-20)23-17-7-3-6-16-18(17)22-12-21-16/h2-7,10,15,19-20H,8-9,11-12H2,1H3. The smallest absolute Gasteiger partial charge is 0.231 e. The third-order valence-corrected chi connectivity index (χ3v) is 3.79. The van der Waals surface area contributed by atoms with Crippen molar-refractivity contribution in [2.45, 2.75) is 19.1 Å². The molecular weight excluding hydrogens is 294 g/mol. The molecular formula is C18H21NO4. The molecule has 2 aromatic carbocycles. The molecule has 0 radical (unpaired) electrons. The second-order valence-corrected chi connectivity index (χ2v) is 5.39. The molecule has 1 unspecified atom stereocenters.